The lowest BCUT2D eigenvalue weighted by atomic mass is 10.1. The second-order valence-electron chi connectivity index (χ2n) is 10.0. The number of rotatable bonds is 4. The zero-order valence-corrected chi connectivity index (χ0v) is 22.0. The van der Waals surface area contributed by atoms with Gasteiger partial charge in [-0.2, -0.15) is 0 Å². The quantitative estimate of drug-likeness (QED) is 0.466. The van der Waals surface area contributed by atoms with Gasteiger partial charge in [0.05, 0.1) is 6.20 Å². The van der Waals surface area contributed by atoms with E-state index in [-0.39, 0.29) is 17.7 Å². The summed E-state index contributed by atoms with van der Waals surface area (Å²) in [5, 5.41) is 4.54. The molecule has 0 saturated heterocycles. The summed E-state index contributed by atoms with van der Waals surface area (Å²) in [6.45, 7) is 5.92. The molecule has 1 saturated carbocycles. The number of anilines is 1. The largest absolute Gasteiger partial charge is 0.361 e. The van der Waals surface area contributed by atoms with E-state index in [4.69, 9.17) is 16.1 Å². The van der Waals surface area contributed by atoms with Crippen molar-refractivity contribution < 1.29 is 14.1 Å². The molecule has 1 aliphatic heterocycles. The molecule has 0 radical (unpaired) electrons. The van der Waals surface area contributed by atoms with Crippen molar-refractivity contribution in [2.45, 2.75) is 45.7 Å². The Bertz CT molecular complexity index is 1240. The predicted molar refractivity (Wildman–Crippen MR) is 143 cm³/mol. The number of benzene rings is 2. The SMILES string of the molecule is Cc1oncc1C(=O)N1CCCN(Cc2ccc(Cl)cc2)CCCN(C(=O)C2CC2)c2ccccc2C1. The average Bonchev–Trinajstić information content (AvgIpc) is 3.66. The summed E-state index contributed by atoms with van der Waals surface area (Å²) in [5.41, 5.74) is 3.57. The van der Waals surface area contributed by atoms with Gasteiger partial charge >= 0.3 is 0 Å². The van der Waals surface area contributed by atoms with Crippen molar-refractivity contribution in [2.75, 3.05) is 31.1 Å². The molecular weight excluding hydrogens is 488 g/mol. The van der Waals surface area contributed by atoms with E-state index in [0.29, 0.717) is 31.0 Å². The molecule has 0 N–H and O–H groups in total. The van der Waals surface area contributed by atoms with Gasteiger partial charge in [-0.1, -0.05) is 47.1 Å². The average molecular weight is 521 g/mol. The highest BCUT2D eigenvalue weighted by molar-refractivity contribution is 6.30. The van der Waals surface area contributed by atoms with E-state index in [1.165, 1.54) is 11.8 Å². The fourth-order valence-electron chi connectivity index (χ4n) is 5.00. The summed E-state index contributed by atoms with van der Waals surface area (Å²) in [7, 11) is 0. The van der Waals surface area contributed by atoms with Gasteiger partial charge in [0.1, 0.15) is 11.3 Å². The van der Waals surface area contributed by atoms with Crippen LogP contribution in [0.2, 0.25) is 5.02 Å². The molecule has 8 heteroatoms. The summed E-state index contributed by atoms with van der Waals surface area (Å²) >= 11 is 6.09. The van der Waals surface area contributed by atoms with E-state index in [9.17, 15) is 9.59 Å². The number of nitrogens with zero attached hydrogens (tertiary/aromatic N) is 4. The molecule has 37 heavy (non-hydrogen) atoms. The minimum absolute atomic E-state index is 0.102. The maximum atomic E-state index is 13.6. The van der Waals surface area contributed by atoms with Gasteiger partial charge in [-0.3, -0.25) is 14.5 Å². The van der Waals surface area contributed by atoms with Crippen LogP contribution >= 0.6 is 11.6 Å². The van der Waals surface area contributed by atoms with Crippen LogP contribution in [0, 0.1) is 12.8 Å². The number of hydrogen-bond donors (Lipinski definition) is 0. The number of amides is 2. The van der Waals surface area contributed by atoms with Crippen molar-refractivity contribution in [3.8, 4) is 0 Å². The van der Waals surface area contributed by atoms with Gasteiger partial charge in [0.2, 0.25) is 5.91 Å². The van der Waals surface area contributed by atoms with Crippen molar-refractivity contribution in [1.82, 2.24) is 15.0 Å². The van der Waals surface area contributed by atoms with E-state index in [2.05, 4.69) is 22.2 Å². The molecule has 0 bridgehead atoms. The first-order valence-corrected chi connectivity index (χ1v) is 13.4. The third-order valence-corrected chi connectivity index (χ3v) is 7.43. The van der Waals surface area contributed by atoms with Crippen molar-refractivity contribution >= 4 is 29.1 Å². The number of fused-ring (bicyclic) bond motifs is 1. The Kier molecular flexibility index (Phi) is 7.91. The Hall–Kier alpha value is -3.16. The molecule has 1 fully saturated rings. The van der Waals surface area contributed by atoms with Gasteiger partial charge in [0.25, 0.3) is 5.91 Å². The van der Waals surface area contributed by atoms with Crippen molar-refractivity contribution in [1.29, 1.82) is 0 Å². The van der Waals surface area contributed by atoms with Gasteiger partial charge in [-0.05, 0) is 61.9 Å². The molecule has 194 valence electrons. The highest BCUT2D eigenvalue weighted by Gasteiger charge is 2.35. The van der Waals surface area contributed by atoms with Crippen molar-refractivity contribution in [2.24, 2.45) is 5.92 Å². The van der Waals surface area contributed by atoms with E-state index in [1.807, 2.05) is 46.2 Å². The minimum atomic E-state index is -0.102. The summed E-state index contributed by atoms with van der Waals surface area (Å²) in [6, 6.07) is 15.9. The second kappa shape index (κ2) is 11.5. The molecule has 5 rings (SSSR count). The van der Waals surface area contributed by atoms with Crippen molar-refractivity contribution in [3.63, 3.8) is 0 Å². The lowest BCUT2D eigenvalue weighted by Crippen LogP contribution is -2.39. The number of carbonyl (C=O) groups is 2. The van der Waals surface area contributed by atoms with Crippen LogP contribution in [0.3, 0.4) is 0 Å². The zero-order chi connectivity index (χ0) is 25.8. The molecule has 1 aromatic heterocycles. The summed E-state index contributed by atoms with van der Waals surface area (Å²) < 4.78 is 5.19. The fraction of sp³-hybridized carbons (Fsp3) is 0.414. The van der Waals surface area contributed by atoms with Crippen LogP contribution < -0.4 is 4.90 Å². The number of aryl methyl sites for hydroxylation is 1. The third-order valence-electron chi connectivity index (χ3n) is 7.18. The number of carbonyl (C=O) groups excluding carboxylic acids is 2. The molecule has 2 amide bonds. The molecule has 0 spiro atoms. The molecule has 7 nitrogen and oxygen atoms in total. The molecule has 2 aliphatic rings. The van der Waals surface area contributed by atoms with Crippen LogP contribution in [0.5, 0.6) is 0 Å². The van der Waals surface area contributed by atoms with Crippen LogP contribution in [0.15, 0.2) is 59.3 Å². The highest BCUT2D eigenvalue weighted by atomic mass is 35.5. The zero-order valence-electron chi connectivity index (χ0n) is 21.2. The third kappa shape index (κ3) is 6.22. The molecule has 1 aliphatic carbocycles. The van der Waals surface area contributed by atoms with Crippen LogP contribution in [-0.4, -0.2) is 52.9 Å². The van der Waals surface area contributed by atoms with Gasteiger partial charge < -0.3 is 14.3 Å². The lowest BCUT2D eigenvalue weighted by molar-refractivity contribution is -0.119. The molecule has 0 atom stereocenters. The topological polar surface area (TPSA) is 69.9 Å². The van der Waals surface area contributed by atoms with E-state index in [1.54, 1.807) is 6.92 Å². The standard InChI is InChI=1S/C29H33ClN4O3/c1-21-26(18-31-37-21)29(36)33-16-4-14-32(19-22-8-12-25(30)13-9-22)15-5-17-34(28(35)23-10-11-23)27-7-3-2-6-24(27)20-33/h2-3,6-9,12-13,18,23H,4-5,10-11,14-17,19-20H2,1H3. The predicted octanol–water partition coefficient (Wildman–Crippen LogP) is 5.32. The van der Waals surface area contributed by atoms with Crippen LogP contribution in [0.25, 0.3) is 0 Å². The maximum Gasteiger partial charge on any atom is 0.259 e. The van der Waals surface area contributed by atoms with Crippen molar-refractivity contribution in [3.05, 3.63) is 82.2 Å². The normalized spacial score (nSPS) is 17.6. The highest BCUT2D eigenvalue weighted by Crippen LogP contribution is 2.34. The van der Waals surface area contributed by atoms with Crippen LogP contribution in [-0.2, 0) is 17.9 Å². The first kappa shape index (κ1) is 25.5. The molecule has 3 aromatic rings. The second-order valence-corrected chi connectivity index (χ2v) is 10.5. The first-order chi connectivity index (χ1) is 18.0. The molecular formula is C29H33ClN4O3. The maximum absolute atomic E-state index is 13.6. The summed E-state index contributed by atoms with van der Waals surface area (Å²) in [4.78, 5) is 33.2. The van der Waals surface area contributed by atoms with Gasteiger partial charge in [-0.15, -0.1) is 0 Å². The Morgan fingerprint density at radius 2 is 1.73 bits per heavy atom. The lowest BCUT2D eigenvalue weighted by Gasteiger charge is -2.31. The molecule has 0 unspecified atom stereocenters. The van der Waals surface area contributed by atoms with Gasteiger partial charge in [0, 0.05) is 55.9 Å². The van der Waals surface area contributed by atoms with E-state index >= 15 is 0 Å². The number of hydrogen-bond acceptors (Lipinski definition) is 5. The minimum Gasteiger partial charge on any atom is -0.361 e. The Morgan fingerprint density at radius 3 is 2.43 bits per heavy atom. The number of halogens is 1. The van der Waals surface area contributed by atoms with Crippen LogP contribution in [0.1, 0.15) is 52.9 Å². The summed E-state index contributed by atoms with van der Waals surface area (Å²) in [5.74, 6) is 0.722. The number of aromatic nitrogens is 1. The fourth-order valence-corrected chi connectivity index (χ4v) is 5.12. The Balaban J connectivity index is 1.44. The van der Waals surface area contributed by atoms with Crippen LogP contribution in [0.4, 0.5) is 5.69 Å². The molecule has 2 aromatic carbocycles. The Morgan fingerprint density at radius 1 is 1.00 bits per heavy atom. The Labute approximate surface area is 223 Å². The van der Waals surface area contributed by atoms with E-state index in [0.717, 1.165) is 61.6 Å². The van der Waals surface area contributed by atoms with Gasteiger partial charge in [-0.25, -0.2) is 0 Å². The number of para-hydroxylation sites is 1. The smallest absolute Gasteiger partial charge is 0.259 e. The molecule has 2 heterocycles. The summed E-state index contributed by atoms with van der Waals surface area (Å²) in [6.07, 6.45) is 5.12. The van der Waals surface area contributed by atoms with Gasteiger partial charge in [0.15, 0.2) is 0 Å². The monoisotopic (exact) mass is 520 g/mol. The van der Waals surface area contributed by atoms with E-state index < -0.39 is 0 Å². The first-order valence-electron chi connectivity index (χ1n) is 13.1.